The number of carbonyl (C=O) groups is 1. The Kier molecular flexibility index (Phi) is 3.35. The lowest BCUT2D eigenvalue weighted by Gasteiger charge is -1.96. The van der Waals surface area contributed by atoms with Crippen LogP contribution in [0.3, 0.4) is 0 Å². The third kappa shape index (κ3) is 2.17. The van der Waals surface area contributed by atoms with Crippen LogP contribution in [0.25, 0.3) is 0 Å². The molecule has 1 aliphatic carbocycles. The van der Waals surface area contributed by atoms with Gasteiger partial charge in [-0.2, -0.15) is 0 Å². The molecule has 0 aliphatic heterocycles. The molecule has 1 rings (SSSR count). The fourth-order valence-electron chi connectivity index (χ4n) is 2.07. The summed E-state index contributed by atoms with van der Waals surface area (Å²) in [7, 11) is 0. The summed E-state index contributed by atoms with van der Waals surface area (Å²) in [5.41, 5.74) is -0.0332. The quantitative estimate of drug-likeness (QED) is 0.542. The fourth-order valence-corrected chi connectivity index (χ4v) is 2.07. The van der Waals surface area contributed by atoms with Crippen LogP contribution in [0.5, 0.6) is 0 Å². The van der Waals surface area contributed by atoms with Crippen LogP contribution in [0, 0.1) is 17.3 Å². The van der Waals surface area contributed by atoms with E-state index in [2.05, 4.69) is 19.1 Å². The van der Waals surface area contributed by atoms with Crippen LogP contribution in [-0.2, 0) is 4.79 Å². The van der Waals surface area contributed by atoms with Gasteiger partial charge in [-0.15, -0.1) is 0 Å². The zero-order chi connectivity index (χ0) is 10.8. The minimum absolute atomic E-state index is 0.0332. The van der Waals surface area contributed by atoms with Crippen molar-refractivity contribution in [3.8, 4) is 0 Å². The van der Waals surface area contributed by atoms with E-state index in [0.717, 1.165) is 6.42 Å². The van der Waals surface area contributed by atoms with E-state index in [0.29, 0.717) is 0 Å². The lowest BCUT2D eigenvalue weighted by molar-refractivity contribution is -0.139. The Bertz CT molecular complexity index is 241. The molecule has 0 aromatic carbocycles. The molecule has 1 saturated carbocycles. The van der Waals surface area contributed by atoms with Crippen LogP contribution in [0.15, 0.2) is 12.2 Å². The van der Waals surface area contributed by atoms with Gasteiger partial charge in [0.05, 0.1) is 5.92 Å². The number of hydrogen-bond donors (Lipinski definition) is 1. The Morgan fingerprint density at radius 1 is 1.50 bits per heavy atom. The summed E-state index contributed by atoms with van der Waals surface area (Å²) in [6, 6.07) is 0. The van der Waals surface area contributed by atoms with Gasteiger partial charge in [0.15, 0.2) is 0 Å². The van der Waals surface area contributed by atoms with Crippen LogP contribution in [0.1, 0.15) is 40.0 Å². The van der Waals surface area contributed by atoms with E-state index in [-0.39, 0.29) is 17.3 Å². The van der Waals surface area contributed by atoms with Crippen LogP contribution < -0.4 is 0 Å². The molecular weight excluding hydrogens is 176 g/mol. The number of carboxylic acids is 1. The van der Waals surface area contributed by atoms with E-state index in [4.69, 9.17) is 5.11 Å². The van der Waals surface area contributed by atoms with E-state index in [1.807, 2.05) is 13.8 Å². The summed E-state index contributed by atoms with van der Waals surface area (Å²) >= 11 is 0. The third-order valence-corrected chi connectivity index (χ3v) is 3.24. The first-order chi connectivity index (χ1) is 6.51. The second kappa shape index (κ2) is 4.16. The van der Waals surface area contributed by atoms with Gasteiger partial charge in [-0.1, -0.05) is 45.8 Å². The first kappa shape index (κ1) is 11.3. The van der Waals surface area contributed by atoms with Crippen molar-refractivity contribution in [3.63, 3.8) is 0 Å². The molecule has 0 heterocycles. The summed E-state index contributed by atoms with van der Waals surface area (Å²) in [4.78, 5) is 10.8. The number of allylic oxidation sites excluding steroid dienone is 2. The zero-order valence-electron chi connectivity index (χ0n) is 9.29. The molecule has 0 radical (unpaired) electrons. The maximum Gasteiger partial charge on any atom is 0.307 e. The highest BCUT2D eigenvalue weighted by Crippen LogP contribution is 2.59. The topological polar surface area (TPSA) is 37.3 Å². The van der Waals surface area contributed by atoms with E-state index >= 15 is 0 Å². The summed E-state index contributed by atoms with van der Waals surface area (Å²) in [6.07, 6.45) is 7.70. The van der Waals surface area contributed by atoms with Crippen molar-refractivity contribution in [1.29, 1.82) is 0 Å². The highest BCUT2D eigenvalue weighted by atomic mass is 16.4. The van der Waals surface area contributed by atoms with Gasteiger partial charge in [0.2, 0.25) is 0 Å². The van der Waals surface area contributed by atoms with E-state index in [9.17, 15) is 4.79 Å². The van der Waals surface area contributed by atoms with Gasteiger partial charge in [0, 0.05) is 0 Å². The van der Waals surface area contributed by atoms with Crippen molar-refractivity contribution in [2.24, 2.45) is 17.3 Å². The second-order valence-electron chi connectivity index (χ2n) is 4.73. The smallest absolute Gasteiger partial charge is 0.307 e. The van der Waals surface area contributed by atoms with E-state index in [1.165, 1.54) is 12.8 Å². The molecule has 0 saturated heterocycles. The summed E-state index contributed by atoms with van der Waals surface area (Å²) in [5.74, 6) is -0.572. The maximum absolute atomic E-state index is 10.8. The summed E-state index contributed by atoms with van der Waals surface area (Å²) < 4.78 is 0. The molecule has 1 fully saturated rings. The molecule has 2 unspecified atom stereocenters. The summed E-state index contributed by atoms with van der Waals surface area (Å²) in [6.45, 7) is 6.22. The molecule has 2 atom stereocenters. The standard InChI is InChI=1S/C12H20O2/c1-4-5-6-7-8-9-10(11(13)14)12(9,2)3/h7-10H,4-6H2,1-3H3,(H,13,14)/b8-7+. The molecule has 0 aromatic rings. The van der Waals surface area contributed by atoms with Crippen molar-refractivity contribution in [2.75, 3.05) is 0 Å². The van der Waals surface area contributed by atoms with Gasteiger partial charge < -0.3 is 5.11 Å². The number of hydrogen-bond acceptors (Lipinski definition) is 1. The minimum Gasteiger partial charge on any atom is -0.481 e. The monoisotopic (exact) mass is 196 g/mol. The van der Waals surface area contributed by atoms with Gasteiger partial charge in [-0.25, -0.2) is 0 Å². The number of aliphatic carboxylic acids is 1. The lowest BCUT2D eigenvalue weighted by Crippen LogP contribution is -2.02. The van der Waals surface area contributed by atoms with Crippen LogP contribution in [0.2, 0.25) is 0 Å². The van der Waals surface area contributed by atoms with Crippen LogP contribution >= 0.6 is 0 Å². The van der Waals surface area contributed by atoms with Crippen molar-refractivity contribution < 1.29 is 9.90 Å². The maximum atomic E-state index is 10.8. The lowest BCUT2D eigenvalue weighted by atomic mass is 10.1. The van der Waals surface area contributed by atoms with Gasteiger partial charge in [0.25, 0.3) is 0 Å². The Morgan fingerprint density at radius 3 is 2.57 bits per heavy atom. The highest BCUT2D eigenvalue weighted by molar-refractivity contribution is 5.76. The minimum atomic E-state index is -0.653. The molecular formula is C12H20O2. The van der Waals surface area contributed by atoms with Crippen LogP contribution in [-0.4, -0.2) is 11.1 Å². The molecule has 1 aliphatic rings. The molecule has 14 heavy (non-hydrogen) atoms. The molecule has 80 valence electrons. The molecule has 2 nitrogen and oxygen atoms in total. The summed E-state index contributed by atoms with van der Waals surface area (Å²) in [5, 5.41) is 8.93. The second-order valence-corrected chi connectivity index (χ2v) is 4.73. The van der Waals surface area contributed by atoms with Gasteiger partial charge in [-0.05, 0) is 17.8 Å². The largest absolute Gasteiger partial charge is 0.481 e. The number of rotatable bonds is 5. The Labute approximate surface area is 86.0 Å². The van der Waals surface area contributed by atoms with Crippen molar-refractivity contribution >= 4 is 5.97 Å². The van der Waals surface area contributed by atoms with E-state index < -0.39 is 5.97 Å². The average Bonchev–Trinajstić information content (AvgIpc) is 2.62. The SMILES string of the molecule is CCCC/C=C/C1C(C(=O)O)C1(C)C. The Hall–Kier alpha value is -0.790. The predicted octanol–water partition coefficient (Wildman–Crippen LogP) is 3.09. The first-order valence-corrected chi connectivity index (χ1v) is 5.41. The van der Waals surface area contributed by atoms with Gasteiger partial charge in [-0.3, -0.25) is 4.79 Å². The number of carboxylic acid groups (broad SMARTS) is 1. The Morgan fingerprint density at radius 2 is 2.14 bits per heavy atom. The predicted molar refractivity (Wildman–Crippen MR) is 57.1 cm³/mol. The molecule has 0 bridgehead atoms. The van der Waals surface area contributed by atoms with Crippen LogP contribution in [0.4, 0.5) is 0 Å². The number of unbranched alkanes of at least 4 members (excludes halogenated alkanes) is 2. The third-order valence-electron chi connectivity index (χ3n) is 3.24. The Balaban J connectivity index is 2.41. The van der Waals surface area contributed by atoms with Gasteiger partial charge >= 0.3 is 5.97 Å². The molecule has 2 heteroatoms. The molecule has 0 amide bonds. The average molecular weight is 196 g/mol. The van der Waals surface area contributed by atoms with Crippen molar-refractivity contribution in [2.45, 2.75) is 40.0 Å². The van der Waals surface area contributed by atoms with Crippen molar-refractivity contribution in [1.82, 2.24) is 0 Å². The fraction of sp³-hybridized carbons (Fsp3) is 0.750. The highest BCUT2D eigenvalue weighted by Gasteiger charge is 2.60. The van der Waals surface area contributed by atoms with E-state index in [1.54, 1.807) is 0 Å². The normalized spacial score (nSPS) is 29.4. The zero-order valence-corrected chi connectivity index (χ0v) is 9.29. The van der Waals surface area contributed by atoms with Gasteiger partial charge in [0.1, 0.15) is 0 Å². The van der Waals surface area contributed by atoms with Crippen molar-refractivity contribution in [3.05, 3.63) is 12.2 Å². The molecule has 1 N–H and O–H groups in total. The molecule has 0 aromatic heterocycles. The first-order valence-electron chi connectivity index (χ1n) is 5.41. The molecule has 0 spiro atoms.